The van der Waals surface area contributed by atoms with Crippen LogP contribution in [0.4, 0.5) is 4.39 Å². The molecule has 0 amide bonds. The molecule has 152 valence electrons. The lowest BCUT2D eigenvalue weighted by molar-refractivity contribution is -0.139. The molecule has 0 bridgehead atoms. The average molecular weight is 390 g/mol. The molecule has 0 saturated heterocycles. The van der Waals surface area contributed by atoms with Gasteiger partial charge < -0.3 is 9.84 Å². The zero-order chi connectivity index (χ0) is 20.5. The van der Waals surface area contributed by atoms with Gasteiger partial charge in [0.05, 0.1) is 6.10 Å². The van der Waals surface area contributed by atoms with E-state index in [0.29, 0.717) is 18.6 Å². The number of benzene rings is 1. The Bertz CT molecular complexity index is 710. The van der Waals surface area contributed by atoms with Gasteiger partial charge in [0.1, 0.15) is 23.8 Å². The van der Waals surface area contributed by atoms with E-state index in [9.17, 15) is 18.8 Å². The topological polar surface area (TPSA) is 80.7 Å². The molecule has 0 aromatic heterocycles. The number of halogens is 1. The van der Waals surface area contributed by atoms with Crippen LogP contribution >= 0.6 is 0 Å². The van der Waals surface area contributed by atoms with E-state index in [-0.39, 0.29) is 29.5 Å². The minimum atomic E-state index is -1.16. The Morgan fingerprint density at radius 3 is 2.68 bits per heavy atom. The predicted octanol–water partition coefficient (Wildman–Crippen LogP) is 4.35. The molecule has 0 heterocycles. The third-order valence-electron chi connectivity index (χ3n) is 5.19. The third-order valence-corrected chi connectivity index (χ3v) is 5.19. The molecular weight excluding hydrogens is 363 g/mol. The van der Waals surface area contributed by atoms with Gasteiger partial charge in [0.2, 0.25) is 0 Å². The number of hydrogen-bond donors (Lipinski definition) is 1. The van der Waals surface area contributed by atoms with Crippen molar-refractivity contribution in [1.82, 2.24) is 0 Å². The first kappa shape index (κ1) is 21.8. The maximum atomic E-state index is 13.0. The Morgan fingerprint density at radius 1 is 1.32 bits per heavy atom. The highest BCUT2D eigenvalue weighted by Gasteiger charge is 2.33. The highest BCUT2D eigenvalue weighted by Crippen LogP contribution is 2.35. The fraction of sp³-hybridized carbons (Fsp3) is 0.500. The van der Waals surface area contributed by atoms with E-state index in [1.807, 2.05) is 6.92 Å². The van der Waals surface area contributed by atoms with Crippen LogP contribution in [0.1, 0.15) is 51.9 Å². The molecule has 1 fully saturated rings. The van der Waals surface area contributed by atoms with Crippen LogP contribution in [-0.2, 0) is 14.4 Å². The number of carbonyl (C=O) groups is 3. The molecule has 28 heavy (non-hydrogen) atoms. The van der Waals surface area contributed by atoms with Crippen LogP contribution in [0.3, 0.4) is 0 Å². The van der Waals surface area contributed by atoms with Crippen molar-refractivity contribution in [3.8, 4) is 5.75 Å². The van der Waals surface area contributed by atoms with Gasteiger partial charge in [-0.25, -0.2) is 4.39 Å². The van der Waals surface area contributed by atoms with Gasteiger partial charge >= 0.3 is 5.97 Å². The van der Waals surface area contributed by atoms with E-state index in [1.54, 1.807) is 18.2 Å². The molecule has 1 N–H and O–H groups in total. The minimum absolute atomic E-state index is 0.00509. The second-order valence-electron chi connectivity index (χ2n) is 7.23. The number of allylic oxidation sites excluding steroid dienone is 2. The van der Waals surface area contributed by atoms with E-state index >= 15 is 0 Å². The van der Waals surface area contributed by atoms with Crippen LogP contribution in [0.5, 0.6) is 5.75 Å². The summed E-state index contributed by atoms with van der Waals surface area (Å²) in [6, 6.07) is 5.95. The fourth-order valence-corrected chi connectivity index (χ4v) is 3.65. The lowest BCUT2D eigenvalue weighted by atomic mass is 9.87. The Kier molecular flexibility index (Phi) is 8.36. The summed E-state index contributed by atoms with van der Waals surface area (Å²) < 4.78 is 18.9. The summed E-state index contributed by atoms with van der Waals surface area (Å²) in [5.74, 6) is -0.984. The predicted molar refractivity (Wildman–Crippen MR) is 103 cm³/mol. The number of rotatable bonds is 11. The highest BCUT2D eigenvalue weighted by atomic mass is 19.1. The first-order valence-corrected chi connectivity index (χ1v) is 9.75. The molecule has 0 spiro atoms. The van der Waals surface area contributed by atoms with Crippen molar-refractivity contribution in [3.05, 3.63) is 42.2 Å². The number of ketones is 2. The number of hydrogen-bond acceptors (Lipinski definition) is 4. The summed E-state index contributed by atoms with van der Waals surface area (Å²) in [4.78, 5) is 34.2. The molecule has 0 radical (unpaired) electrons. The smallest absolute Gasteiger partial charge is 0.311 e. The number of carboxylic acid groups (broad SMARTS) is 1. The van der Waals surface area contributed by atoms with Gasteiger partial charge in [0, 0.05) is 12.3 Å². The molecule has 1 unspecified atom stereocenters. The number of aliphatic carboxylic acids is 1. The first-order valence-electron chi connectivity index (χ1n) is 9.75. The second kappa shape index (κ2) is 10.7. The molecule has 1 aromatic rings. The van der Waals surface area contributed by atoms with Gasteiger partial charge in [0.25, 0.3) is 0 Å². The van der Waals surface area contributed by atoms with Crippen molar-refractivity contribution in [3.63, 3.8) is 0 Å². The van der Waals surface area contributed by atoms with Crippen LogP contribution in [0.2, 0.25) is 0 Å². The van der Waals surface area contributed by atoms with Gasteiger partial charge in [-0.05, 0) is 68.4 Å². The molecule has 0 aliphatic heterocycles. The molecule has 6 heteroatoms. The molecule has 1 aromatic carbocycles. The standard InChI is InChI=1S/C22H27FO5/c1-2-18(28-19-11-8-16(23)9-12-19)10-6-15-7-13-21(25)20(15)5-3-4-17(24)14-22(26)27/h3-4,8-9,11-12,15,18,20H,2,5-7,10,13-14H2,1H3,(H,26,27)/t15-,18?,20-/m1/s1. The number of Topliss-reactive ketones (excluding diaryl/α,β-unsaturated/α-hetero) is 1. The lowest BCUT2D eigenvalue weighted by Gasteiger charge is -2.22. The Labute approximate surface area is 164 Å². The number of carbonyl (C=O) groups excluding carboxylic acids is 2. The summed E-state index contributed by atoms with van der Waals surface area (Å²) in [5.41, 5.74) is 0. The molecule has 3 atom stereocenters. The fourth-order valence-electron chi connectivity index (χ4n) is 3.65. The van der Waals surface area contributed by atoms with Gasteiger partial charge in [-0.2, -0.15) is 0 Å². The van der Waals surface area contributed by atoms with Crippen molar-refractivity contribution in [2.45, 2.75) is 58.0 Å². The van der Waals surface area contributed by atoms with Crippen LogP contribution in [0.25, 0.3) is 0 Å². The Morgan fingerprint density at radius 2 is 2.04 bits per heavy atom. The van der Waals surface area contributed by atoms with Crippen molar-refractivity contribution in [2.75, 3.05) is 0 Å². The summed E-state index contributed by atoms with van der Waals surface area (Å²) >= 11 is 0. The quantitative estimate of drug-likeness (QED) is 0.449. The zero-order valence-corrected chi connectivity index (χ0v) is 16.1. The van der Waals surface area contributed by atoms with E-state index in [1.165, 1.54) is 18.2 Å². The van der Waals surface area contributed by atoms with E-state index in [2.05, 4.69) is 0 Å². The molecule has 5 nitrogen and oxygen atoms in total. The van der Waals surface area contributed by atoms with Gasteiger partial charge in [-0.1, -0.05) is 13.0 Å². The maximum Gasteiger partial charge on any atom is 0.311 e. The molecule has 1 aliphatic carbocycles. The molecular formula is C22H27FO5. The maximum absolute atomic E-state index is 13.0. The Hall–Kier alpha value is -2.50. The van der Waals surface area contributed by atoms with Crippen LogP contribution < -0.4 is 4.74 Å². The Balaban J connectivity index is 1.85. The van der Waals surface area contributed by atoms with E-state index in [4.69, 9.17) is 9.84 Å². The SMILES string of the molecule is CCC(CC[C@@H]1CCC(=O)[C@@H]1CC=CC(=O)CC(=O)O)Oc1ccc(F)cc1. The molecule has 2 rings (SSSR count). The van der Waals surface area contributed by atoms with Crippen LogP contribution in [0.15, 0.2) is 36.4 Å². The van der Waals surface area contributed by atoms with E-state index in [0.717, 1.165) is 25.7 Å². The average Bonchev–Trinajstić information content (AvgIpc) is 2.99. The monoisotopic (exact) mass is 390 g/mol. The largest absolute Gasteiger partial charge is 0.490 e. The van der Waals surface area contributed by atoms with Gasteiger partial charge in [-0.3, -0.25) is 14.4 Å². The minimum Gasteiger partial charge on any atom is -0.490 e. The van der Waals surface area contributed by atoms with Gasteiger partial charge in [0.15, 0.2) is 5.78 Å². The first-order chi connectivity index (χ1) is 13.4. The summed E-state index contributed by atoms with van der Waals surface area (Å²) in [6.07, 6.45) is 6.64. The molecule has 1 aliphatic rings. The number of ether oxygens (including phenoxy) is 1. The molecule has 1 saturated carbocycles. The summed E-state index contributed by atoms with van der Waals surface area (Å²) in [7, 11) is 0. The third kappa shape index (κ3) is 6.91. The van der Waals surface area contributed by atoms with Crippen molar-refractivity contribution >= 4 is 17.5 Å². The van der Waals surface area contributed by atoms with Crippen LogP contribution in [-0.4, -0.2) is 28.7 Å². The van der Waals surface area contributed by atoms with Crippen LogP contribution in [0, 0.1) is 17.7 Å². The lowest BCUT2D eigenvalue weighted by Crippen LogP contribution is -2.20. The zero-order valence-electron chi connectivity index (χ0n) is 16.1. The highest BCUT2D eigenvalue weighted by molar-refractivity contribution is 6.01. The van der Waals surface area contributed by atoms with E-state index < -0.39 is 18.2 Å². The second-order valence-corrected chi connectivity index (χ2v) is 7.23. The number of carboxylic acids is 1. The summed E-state index contributed by atoms with van der Waals surface area (Å²) in [5, 5.41) is 8.60. The normalized spacial score (nSPS) is 20.4. The summed E-state index contributed by atoms with van der Waals surface area (Å²) in [6.45, 7) is 2.03. The van der Waals surface area contributed by atoms with Gasteiger partial charge in [-0.15, -0.1) is 0 Å². The van der Waals surface area contributed by atoms with Crippen molar-refractivity contribution < 1.29 is 28.6 Å². The van der Waals surface area contributed by atoms with Crippen molar-refractivity contribution in [2.24, 2.45) is 11.8 Å². The van der Waals surface area contributed by atoms with Crippen molar-refractivity contribution in [1.29, 1.82) is 0 Å².